The van der Waals surface area contributed by atoms with Crippen molar-refractivity contribution in [2.45, 2.75) is 52.1 Å². The molecule has 2 aromatic heterocycles. The van der Waals surface area contributed by atoms with E-state index >= 15 is 0 Å². The topological polar surface area (TPSA) is 42.7 Å². The number of rotatable bonds is 9. The van der Waals surface area contributed by atoms with Crippen LogP contribution in [-0.4, -0.2) is 27.4 Å². The molecule has 0 bridgehead atoms. The summed E-state index contributed by atoms with van der Waals surface area (Å²) < 4.78 is 2.04. The van der Waals surface area contributed by atoms with Crippen LogP contribution in [0.4, 0.5) is 0 Å². The average Bonchev–Trinajstić information content (AvgIpc) is 3.09. The lowest BCUT2D eigenvalue weighted by molar-refractivity contribution is 0.472. The van der Waals surface area contributed by atoms with Crippen molar-refractivity contribution >= 4 is 11.3 Å². The summed E-state index contributed by atoms with van der Waals surface area (Å²) >= 11 is 1.76. The monoisotopic (exact) mass is 292 g/mol. The molecule has 0 aliphatic heterocycles. The van der Waals surface area contributed by atoms with Gasteiger partial charge in [0.05, 0.1) is 0 Å². The van der Waals surface area contributed by atoms with Gasteiger partial charge in [0.15, 0.2) is 0 Å². The Labute approximate surface area is 125 Å². The van der Waals surface area contributed by atoms with Gasteiger partial charge in [0.1, 0.15) is 12.2 Å². The minimum Gasteiger partial charge on any atom is -0.313 e. The number of hydrogen-bond acceptors (Lipinski definition) is 4. The Morgan fingerprint density at radius 3 is 2.90 bits per heavy atom. The molecular formula is C15H24N4S. The van der Waals surface area contributed by atoms with E-state index < -0.39 is 0 Å². The van der Waals surface area contributed by atoms with Crippen LogP contribution in [0.5, 0.6) is 0 Å². The van der Waals surface area contributed by atoms with Gasteiger partial charge in [-0.2, -0.15) is 16.4 Å². The summed E-state index contributed by atoms with van der Waals surface area (Å²) in [6, 6.07) is 2.64. The van der Waals surface area contributed by atoms with Gasteiger partial charge in [0.2, 0.25) is 0 Å². The molecule has 4 nitrogen and oxygen atoms in total. The van der Waals surface area contributed by atoms with Crippen LogP contribution in [0.1, 0.15) is 38.1 Å². The second-order valence-electron chi connectivity index (χ2n) is 5.09. The van der Waals surface area contributed by atoms with Gasteiger partial charge in [-0.1, -0.05) is 13.8 Å². The van der Waals surface area contributed by atoms with Crippen LogP contribution in [0.3, 0.4) is 0 Å². The minimum atomic E-state index is 0.435. The van der Waals surface area contributed by atoms with Crippen molar-refractivity contribution in [3.8, 4) is 0 Å². The first-order valence-corrected chi connectivity index (χ1v) is 8.38. The van der Waals surface area contributed by atoms with E-state index in [-0.39, 0.29) is 0 Å². The maximum absolute atomic E-state index is 4.43. The highest BCUT2D eigenvalue weighted by Crippen LogP contribution is 2.11. The highest BCUT2D eigenvalue weighted by atomic mass is 32.1. The summed E-state index contributed by atoms with van der Waals surface area (Å²) in [5, 5.41) is 12.3. The summed E-state index contributed by atoms with van der Waals surface area (Å²) in [6.45, 7) is 6.38. The maximum Gasteiger partial charge on any atom is 0.138 e. The van der Waals surface area contributed by atoms with Gasteiger partial charge in [0, 0.05) is 19.0 Å². The summed E-state index contributed by atoms with van der Waals surface area (Å²) in [5.41, 5.74) is 1.41. The zero-order valence-electron chi connectivity index (χ0n) is 12.4. The summed E-state index contributed by atoms with van der Waals surface area (Å²) in [6.07, 6.45) is 5.92. The van der Waals surface area contributed by atoms with Crippen LogP contribution in [0.2, 0.25) is 0 Å². The molecule has 0 aromatic carbocycles. The Hall–Kier alpha value is -1.20. The third-order valence-corrected chi connectivity index (χ3v) is 4.04. The van der Waals surface area contributed by atoms with Crippen LogP contribution in [0.25, 0.3) is 0 Å². The van der Waals surface area contributed by atoms with E-state index in [4.69, 9.17) is 0 Å². The van der Waals surface area contributed by atoms with Crippen LogP contribution in [0.15, 0.2) is 23.2 Å². The lowest BCUT2D eigenvalue weighted by Gasteiger charge is -2.18. The fourth-order valence-electron chi connectivity index (χ4n) is 2.32. The number of aryl methyl sites for hydroxylation is 1. The number of hydrogen-bond donors (Lipinski definition) is 1. The quantitative estimate of drug-likeness (QED) is 0.773. The molecule has 2 heterocycles. The van der Waals surface area contributed by atoms with Gasteiger partial charge in [0.25, 0.3) is 0 Å². The van der Waals surface area contributed by atoms with Gasteiger partial charge < -0.3 is 5.32 Å². The van der Waals surface area contributed by atoms with Crippen molar-refractivity contribution in [1.82, 2.24) is 20.1 Å². The molecule has 0 amide bonds. The van der Waals surface area contributed by atoms with E-state index in [0.29, 0.717) is 6.04 Å². The fourth-order valence-corrected chi connectivity index (χ4v) is 3.00. The van der Waals surface area contributed by atoms with Crippen molar-refractivity contribution in [3.05, 3.63) is 34.5 Å². The lowest BCUT2D eigenvalue weighted by atomic mass is 10.1. The summed E-state index contributed by atoms with van der Waals surface area (Å²) in [5.74, 6) is 1.09. The van der Waals surface area contributed by atoms with Gasteiger partial charge in [-0.05, 0) is 48.2 Å². The zero-order chi connectivity index (χ0) is 14.2. The van der Waals surface area contributed by atoms with Crippen molar-refractivity contribution in [2.75, 3.05) is 6.54 Å². The molecular weight excluding hydrogens is 268 g/mol. The Morgan fingerprint density at radius 2 is 2.20 bits per heavy atom. The van der Waals surface area contributed by atoms with Crippen molar-refractivity contribution < 1.29 is 0 Å². The molecule has 0 saturated carbocycles. The third-order valence-electron chi connectivity index (χ3n) is 3.31. The minimum absolute atomic E-state index is 0.435. The highest BCUT2D eigenvalue weighted by molar-refractivity contribution is 7.07. The second kappa shape index (κ2) is 8.17. The third kappa shape index (κ3) is 4.42. The predicted octanol–water partition coefficient (Wildman–Crippen LogP) is 2.90. The molecule has 1 unspecified atom stereocenters. The van der Waals surface area contributed by atoms with E-state index in [2.05, 4.69) is 46.1 Å². The standard InChI is InChI=1S/C15H24N4S/c1-3-6-16-14(9-13-5-8-20-11-13)10-15-17-12-18-19(15)7-4-2/h5,8,11-12,14,16H,3-4,6-7,9-10H2,1-2H3. The fraction of sp³-hybridized carbons (Fsp3) is 0.600. The Bertz CT molecular complexity index is 478. The maximum atomic E-state index is 4.43. The van der Waals surface area contributed by atoms with E-state index in [1.807, 2.05) is 4.68 Å². The largest absolute Gasteiger partial charge is 0.313 e. The van der Waals surface area contributed by atoms with Gasteiger partial charge in [-0.15, -0.1) is 0 Å². The summed E-state index contributed by atoms with van der Waals surface area (Å²) in [4.78, 5) is 4.43. The van der Waals surface area contributed by atoms with Gasteiger partial charge >= 0.3 is 0 Å². The molecule has 20 heavy (non-hydrogen) atoms. The van der Waals surface area contributed by atoms with Crippen LogP contribution >= 0.6 is 11.3 Å². The number of aromatic nitrogens is 3. The van der Waals surface area contributed by atoms with Crippen molar-refractivity contribution in [1.29, 1.82) is 0 Å². The zero-order valence-corrected chi connectivity index (χ0v) is 13.2. The molecule has 5 heteroatoms. The molecule has 0 spiro atoms. The Morgan fingerprint density at radius 1 is 1.30 bits per heavy atom. The van der Waals surface area contributed by atoms with Crippen LogP contribution < -0.4 is 5.32 Å². The SMILES string of the molecule is CCCNC(Cc1ccsc1)Cc1ncnn1CCC. The number of nitrogens with zero attached hydrogens (tertiary/aromatic N) is 3. The first-order valence-electron chi connectivity index (χ1n) is 7.44. The summed E-state index contributed by atoms with van der Waals surface area (Å²) in [7, 11) is 0. The molecule has 2 aromatic rings. The normalized spacial score (nSPS) is 12.7. The molecule has 0 aliphatic rings. The van der Waals surface area contributed by atoms with E-state index in [1.165, 1.54) is 5.56 Å². The molecule has 0 saturated heterocycles. The van der Waals surface area contributed by atoms with Gasteiger partial charge in [-0.25, -0.2) is 4.98 Å². The predicted molar refractivity (Wildman–Crippen MR) is 84.1 cm³/mol. The molecule has 1 N–H and O–H groups in total. The van der Waals surface area contributed by atoms with E-state index in [1.54, 1.807) is 17.7 Å². The van der Waals surface area contributed by atoms with Crippen LogP contribution in [0, 0.1) is 0 Å². The molecule has 2 rings (SSSR count). The average molecular weight is 292 g/mol. The smallest absolute Gasteiger partial charge is 0.138 e. The molecule has 0 radical (unpaired) electrons. The van der Waals surface area contributed by atoms with Crippen LogP contribution in [-0.2, 0) is 19.4 Å². The first kappa shape index (κ1) is 15.2. The van der Waals surface area contributed by atoms with E-state index in [0.717, 1.165) is 44.6 Å². The van der Waals surface area contributed by atoms with Crippen molar-refractivity contribution in [3.63, 3.8) is 0 Å². The second-order valence-corrected chi connectivity index (χ2v) is 5.87. The number of thiophene rings is 1. The Kier molecular flexibility index (Phi) is 6.21. The van der Waals surface area contributed by atoms with E-state index in [9.17, 15) is 0 Å². The molecule has 0 aliphatic carbocycles. The lowest BCUT2D eigenvalue weighted by Crippen LogP contribution is -2.34. The molecule has 0 fully saturated rings. The van der Waals surface area contributed by atoms with Crippen molar-refractivity contribution in [2.24, 2.45) is 0 Å². The van der Waals surface area contributed by atoms with Gasteiger partial charge in [-0.3, -0.25) is 4.68 Å². The Balaban J connectivity index is 2.00. The number of nitrogens with one attached hydrogen (secondary N) is 1. The first-order chi connectivity index (χ1) is 9.83. The molecule has 1 atom stereocenters. The highest BCUT2D eigenvalue weighted by Gasteiger charge is 2.14. The molecule has 110 valence electrons.